The number of aromatic nitrogens is 2. The van der Waals surface area contributed by atoms with Crippen molar-refractivity contribution in [3.8, 4) is 32.0 Å². The van der Waals surface area contributed by atoms with Crippen LogP contribution in [-0.2, 0) is 40.3 Å². The van der Waals surface area contributed by atoms with Crippen LogP contribution in [0.2, 0.25) is 0 Å². The van der Waals surface area contributed by atoms with Gasteiger partial charge in [0.25, 0.3) is 0 Å². The van der Waals surface area contributed by atoms with Gasteiger partial charge >= 0.3 is 14.2 Å². The smallest absolute Gasteiger partial charge is 0.423 e. The van der Waals surface area contributed by atoms with Crippen molar-refractivity contribution in [1.29, 1.82) is 0 Å². The quantitative estimate of drug-likeness (QED) is 0.0750. The van der Waals surface area contributed by atoms with Crippen LogP contribution in [0.5, 0.6) is 0 Å². The van der Waals surface area contributed by atoms with Crippen molar-refractivity contribution in [2.24, 2.45) is 17.8 Å². The molecule has 4 N–H and O–H groups in total. The van der Waals surface area contributed by atoms with Gasteiger partial charge in [0.1, 0.15) is 0 Å². The summed E-state index contributed by atoms with van der Waals surface area (Å²) in [6.45, 7) is 12.6. The Balaban J connectivity index is 0.000000168. The second-order valence-electron chi connectivity index (χ2n) is 24.9. The summed E-state index contributed by atoms with van der Waals surface area (Å²) >= 11 is 14.6. The average Bonchev–Trinajstić information content (AvgIpc) is 4.19. The first-order chi connectivity index (χ1) is 42.0. The summed E-state index contributed by atoms with van der Waals surface area (Å²) in [6.07, 6.45) is 16.8. The van der Waals surface area contributed by atoms with E-state index in [4.69, 9.17) is 20.1 Å². The Bertz CT molecular complexity index is 3870. The molecular formula is C66H79B2Br3N2O10S6. The van der Waals surface area contributed by atoms with Gasteiger partial charge in [-0.15, -0.1) is 22.7 Å². The van der Waals surface area contributed by atoms with Gasteiger partial charge in [0.2, 0.25) is 0 Å². The van der Waals surface area contributed by atoms with E-state index in [9.17, 15) is 25.3 Å². The van der Waals surface area contributed by atoms with Crippen molar-refractivity contribution in [2.45, 2.75) is 144 Å². The minimum atomic E-state index is -3.20. The molecule has 0 amide bonds. The lowest BCUT2D eigenvalue weighted by molar-refractivity contribution is 0.424. The molecule has 0 bridgehead atoms. The topological polar surface area (TPSA) is 209 Å². The Morgan fingerprint density at radius 2 is 0.809 bits per heavy atom. The fraction of sp³-hybridized carbons (Fsp3) is 0.394. The van der Waals surface area contributed by atoms with E-state index < -0.39 is 43.7 Å². The Labute approximate surface area is 565 Å². The second-order valence-corrected chi connectivity index (χ2v) is 36.6. The molecule has 3 aliphatic carbocycles. The predicted octanol–water partition coefficient (Wildman–Crippen LogP) is 15.5. The van der Waals surface area contributed by atoms with Crippen LogP contribution < -0.4 is 10.2 Å². The Hall–Kier alpha value is -3.68. The maximum atomic E-state index is 12.7. The van der Waals surface area contributed by atoms with Crippen molar-refractivity contribution in [3.05, 3.63) is 169 Å². The van der Waals surface area contributed by atoms with E-state index in [-0.39, 0.29) is 16.6 Å². The van der Waals surface area contributed by atoms with Crippen LogP contribution in [-0.4, -0.2) is 86.8 Å². The maximum absolute atomic E-state index is 12.7. The first-order valence-corrected chi connectivity index (χ1v) is 39.8. The van der Waals surface area contributed by atoms with E-state index in [0.717, 1.165) is 103 Å². The standard InChI is InChI=1S/C25H29NO2S2.C16H17BrO2S2.C12H15BrO2S.C9H14BNO2.C4H4BBrO2S/c1-25(2,3)24-15-20(12-13-26-24)21-14-23(29-16-21)19-8-10-22(11-9-19)30(27,28)17-18-6-4-5-7-18;17-14-9-16(20-10-14)13-5-7-15(8-6-13)21(18,19)11-12-3-1-2-4-12;13-11-5-7-12(8-6-11)16(14,15)9-10-3-1-2-4-10;1-9(2,3)8-6-7(10(12)13)4-5-11-8;6-3-1-4(5(7)8)9-2-3/h8-16,18H,4-7,17H2,1-3H3;5-10,12H,1-4,11H2;5-8,10H,1-4,9H2;4-6,12-13H,1-3H3;1-2,7-8H. The molecule has 5 aromatic heterocycles. The normalized spacial score (nSPS) is 15.0. The van der Waals surface area contributed by atoms with Crippen LogP contribution >= 0.6 is 81.8 Å². The van der Waals surface area contributed by atoms with E-state index in [0.29, 0.717) is 54.2 Å². The molecule has 5 heterocycles. The zero-order valence-corrected chi connectivity index (χ0v) is 60.7. The molecule has 0 aliphatic heterocycles. The average molecular weight is 1510 g/mol. The Morgan fingerprint density at radius 1 is 0.427 bits per heavy atom. The number of pyridine rings is 2. The molecular weight excluding hydrogens is 1430 g/mol. The van der Waals surface area contributed by atoms with Crippen LogP contribution in [0.15, 0.2) is 172 Å². The van der Waals surface area contributed by atoms with Gasteiger partial charge in [-0.05, 0) is 212 Å². The van der Waals surface area contributed by atoms with Crippen LogP contribution in [0.1, 0.15) is 130 Å². The molecule has 3 saturated carbocycles. The van der Waals surface area contributed by atoms with Crippen LogP contribution in [0, 0.1) is 17.8 Å². The van der Waals surface area contributed by atoms with Gasteiger partial charge in [-0.3, -0.25) is 9.97 Å². The number of benzene rings is 3. The molecule has 11 rings (SSSR count). The number of rotatable bonds is 14. The summed E-state index contributed by atoms with van der Waals surface area (Å²) in [7, 11) is -12.2. The highest BCUT2D eigenvalue weighted by molar-refractivity contribution is 9.11. The van der Waals surface area contributed by atoms with Gasteiger partial charge < -0.3 is 20.1 Å². The molecule has 8 aromatic rings. The summed E-state index contributed by atoms with van der Waals surface area (Å²) in [6, 6.07) is 35.0. The molecule has 0 atom stereocenters. The second kappa shape index (κ2) is 32.9. The molecule has 0 spiro atoms. The minimum Gasteiger partial charge on any atom is -0.423 e. The van der Waals surface area contributed by atoms with Crippen molar-refractivity contribution < 1.29 is 45.3 Å². The first kappa shape index (κ1) is 72.7. The zero-order chi connectivity index (χ0) is 64.7. The molecule has 0 saturated heterocycles. The molecule has 0 radical (unpaired) electrons. The van der Waals surface area contributed by atoms with Crippen LogP contribution in [0.3, 0.4) is 0 Å². The van der Waals surface area contributed by atoms with Crippen molar-refractivity contribution >= 4 is 136 Å². The van der Waals surface area contributed by atoms with E-state index in [1.54, 1.807) is 101 Å². The lowest BCUT2D eigenvalue weighted by Crippen LogP contribution is -2.31. The molecule has 23 heteroatoms. The fourth-order valence-electron chi connectivity index (χ4n) is 10.7. The molecule has 476 valence electrons. The summed E-state index contributed by atoms with van der Waals surface area (Å²) in [5.41, 5.74) is 6.80. The van der Waals surface area contributed by atoms with Gasteiger partial charge in [-0.2, -0.15) is 11.3 Å². The van der Waals surface area contributed by atoms with Gasteiger partial charge in [0, 0.05) is 73.3 Å². The molecule has 12 nitrogen and oxygen atoms in total. The summed E-state index contributed by atoms with van der Waals surface area (Å²) in [5, 5.41) is 41.0. The number of nitrogens with zero attached hydrogens (tertiary/aromatic N) is 2. The SMILES string of the molecule is CC(C)(C)c1cc(-c2csc(-c3ccc(S(=O)(=O)CC4CCCC4)cc3)c2)ccn1.CC(C)(C)c1cc(B(O)O)ccn1.O=S(=O)(CC1CCCC1)c1ccc(-c2cc(Br)cs2)cc1.O=S(=O)(CC1CCCC1)c1ccc(Br)cc1.OB(O)c1cc(Br)cs1. The van der Waals surface area contributed by atoms with Gasteiger partial charge in [-0.1, -0.05) is 120 Å². The zero-order valence-electron chi connectivity index (χ0n) is 51.1. The molecule has 3 aromatic carbocycles. The minimum absolute atomic E-state index is 0.00861. The Morgan fingerprint density at radius 3 is 1.18 bits per heavy atom. The number of hydrogen-bond donors (Lipinski definition) is 4. The summed E-state index contributed by atoms with van der Waals surface area (Å²) < 4.78 is 77.9. The van der Waals surface area contributed by atoms with E-state index in [1.807, 2.05) is 68.7 Å². The highest BCUT2D eigenvalue weighted by Gasteiger charge is 2.27. The first-order valence-electron chi connectivity index (χ1n) is 29.8. The van der Waals surface area contributed by atoms with Crippen molar-refractivity contribution in [1.82, 2.24) is 9.97 Å². The lowest BCUT2D eigenvalue weighted by atomic mass is 9.78. The van der Waals surface area contributed by atoms with Crippen molar-refractivity contribution in [2.75, 3.05) is 17.3 Å². The van der Waals surface area contributed by atoms with Gasteiger partial charge in [0.15, 0.2) is 29.5 Å². The summed E-state index contributed by atoms with van der Waals surface area (Å²) in [5.74, 6) is 1.95. The molecule has 3 fully saturated rings. The van der Waals surface area contributed by atoms with Crippen LogP contribution in [0.4, 0.5) is 0 Å². The molecule has 0 unspecified atom stereocenters. The maximum Gasteiger partial charge on any atom is 0.499 e. The third kappa shape index (κ3) is 22.5. The molecule has 89 heavy (non-hydrogen) atoms. The van der Waals surface area contributed by atoms with Crippen molar-refractivity contribution in [3.63, 3.8) is 0 Å². The monoisotopic (exact) mass is 1510 g/mol. The molecule has 3 aliphatic rings. The number of halogens is 3. The predicted molar refractivity (Wildman–Crippen MR) is 380 cm³/mol. The van der Waals surface area contributed by atoms with Gasteiger partial charge in [0.05, 0.1) is 31.9 Å². The van der Waals surface area contributed by atoms with Crippen LogP contribution in [0.25, 0.3) is 32.0 Å². The number of sulfone groups is 3. The highest BCUT2D eigenvalue weighted by atomic mass is 79.9. The Kier molecular flexibility index (Phi) is 26.9. The lowest BCUT2D eigenvalue weighted by Gasteiger charge is -2.18. The highest BCUT2D eigenvalue weighted by Crippen LogP contribution is 2.37. The fourth-order valence-corrected chi connectivity index (χ4v) is 19.7. The van der Waals surface area contributed by atoms with E-state index in [2.05, 4.69) is 96.0 Å². The third-order valence-corrected chi connectivity index (χ3v) is 26.4. The van der Waals surface area contributed by atoms with E-state index >= 15 is 0 Å². The van der Waals surface area contributed by atoms with E-state index in [1.165, 1.54) is 42.6 Å². The van der Waals surface area contributed by atoms with Gasteiger partial charge in [-0.25, -0.2) is 25.3 Å². The summed E-state index contributed by atoms with van der Waals surface area (Å²) in [4.78, 5) is 12.3. The largest absolute Gasteiger partial charge is 0.499 e. The number of hydrogen-bond acceptors (Lipinski definition) is 15. The third-order valence-electron chi connectivity index (χ3n) is 15.7. The number of thiophene rings is 3.